The Kier molecular flexibility index (Phi) is 5.64. The highest BCUT2D eigenvalue weighted by molar-refractivity contribution is 6.43. The van der Waals surface area contributed by atoms with Gasteiger partial charge in [-0.1, -0.05) is 34.8 Å². The van der Waals surface area contributed by atoms with Gasteiger partial charge in [-0.25, -0.2) is 4.39 Å². The van der Waals surface area contributed by atoms with Gasteiger partial charge in [-0.15, -0.1) is 0 Å². The number of halogens is 3. The Morgan fingerprint density at radius 3 is 2.69 bits per heavy atom. The highest BCUT2D eigenvalue weighted by atomic mass is 35.5. The van der Waals surface area contributed by atoms with E-state index in [0.29, 0.717) is 22.6 Å². The lowest BCUT2D eigenvalue weighted by atomic mass is 9.78. The fourth-order valence-electron chi connectivity index (χ4n) is 5.45. The Labute approximate surface area is 196 Å². The van der Waals surface area contributed by atoms with E-state index in [2.05, 4.69) is 10.6 Å². The maximum atomic E-state index is 15.0. The minimum absolute atomic E-state index is 0.0210. The zero-order chi connectivity index (χ0) is 23.4. The molecule has 6 nitrogen and oxygen atoms in total. The van der Waals surface area contributed by atoms with Gasteiger partial charge in [0.05, 0.1) is 41.0 Å². The molecular weight excluding hydrogens is 456 g/mol. The molecule has 170 valence electrons. The van der Waals surface area contributed by atoms with E-state index in [1.54, 1.807) is 25.2 Å². The van der Waals surface area contributed by atoms with Gasteiger partial charge in [0.25, 0.3) is 11.8 Å². The number of carbonyl (C=O) groups is 2. The van der Waals surface area contributed by atoms with Crippen molar-refractivity contribution in [3.8, 4) is 5.75 Å². The average Bonchev–Trinajstić information content (AvgIpc) is 3.24. The van der Waals surface area contributed by atoms with Crippen LogP contribution in [0.15, 0.2) is 30.3 Å². The van der Waals surface area contributed by atoms with E-state index in [9.17, 15) is 9.59 Å². The van der Waals surface area contributed by atoms with E-state index in [0.717, 1.165) is 5.56 Å². The number of nitrogens with zero attached hydrogens (tertiary/aromatic N) is 1. The first kappa shape index (κ1) is 22.8. The molecular formula is C23H25Cl2FN3O3+. The van der Waals surface area contributed by atoms with E-state index < -0.39 is 23.7 Å². The number of alkyl halides is 1. The second kappa shape index (κ2) is 7.90. The lowest BCUT2D eigenvalue weighted by Gasteiger charge is -2.48. The predicted molar refractivity (Wildman–Crippen MR) is 122 cm³/mol. The number of rotatable bonds is 4. The normalized spacial score (nSPS) is 28.9. The Hall–Kier alpha value is -2.35. The number of likely N-dealkylation sites (N-methyl/N-ethyl adjacent to an activating group) is 2. The van der Waals surface area contributed by atoms with Crippen LogP contribution < -0.4 is 15.4 Å². The average molecular weight is 481 g/mol. The Morgan fingerprint density at radius 1 is 1.31 bits per heavy atom. The number of methoxy groups -OCH3 is 1. The molecule has 4 rings (SSSR count). The molecule has 0 aromatic heterocycles. The van der Waals surface area contributed by atoms with E-state index >= 15 is 4.39 Å². The van der Waals surface area contributed by atoms with E-state index in [1.807, 2.05) is 19.1 Å². The number of aryl methyl sites for hydroxylation is 1. The number of carbonyl (C=O) groups excluding carboxylic acids is 2. The van der Waals surface area contributed by atoms with Crippen molar-refractivity contribution in [2.24, 2.45) is 0 Å². The summed E-state index contributed by atoms with van der Waals surface area (Å²) in [5, 5.41) is 5.99. The summed E-state index contributed by atoms with van der Waals surface area (Å²) in [5.74, 6) is -0.323. The predicted octanol–water partition coefficient (Wildman–Crippen LogP) is 3.81. The summed E-state index contributed by atoms with van der Waals surface area (Å²) < 4.78 is 20.5. The summed E-state index contributed by atoms with van der Waals surface area (Å²) >= 11 is 13.1. The summed E-state index contributed by atoms with van der Waals surface area (Å²) in [6.07, 6.45) is -1.31. The van der Waals surface area contributed by atoms with Crippen LogP contribution in [-0.2, 0) is 15.1 Å². The van der Waals surface area contributed by atoms with Crippen LogP contribution in [0.5, 0.6) is 5.75 Å². The summed E-state index contributed by atoms with van der Waals surface area (Å²) in [4.78, 5) is 27.0. The van der Waals surface area contributed by atoms with Gasteiger partial charge in [-0.05, 0) is 31.2 Å². The Balaban J connectivity index is 2.18. The molecule has 0 radical (unpaired) electrons. The van der Waals surface area contributed by atoms with Gasteiger partial charge < -0.3 is 15.4 Å². The van der Waals surface area contributed by atoms with Crippen LogP contribution in [0.1, 0.15) is 23.1 Å². The minimum Gasteiger partial charge on any atom is -0.496 e. The van der Waals surface area contributed by atoms with Crippen LogP contribution >= 0.6 is 23.2 Å². The minimum atomic E-state index is -1.56. The Bertz CT molecular complexity index is 1130. The number of hydrogen-bond donors (Lipinski definition) is 2. The summed E-state index contributed by atoms with van der Waals surface area (Å²) in [6.45, 7) is 1.83. The molecule has 32 heavy (non-hydrogen) atoms. The number of benzene rings is 2. The fraction of sp³-hybridized carbons (Fsp3) is 0.391. The van der Waals surface area contributed by atoms with Crippen LogP contribution in [0.25, 0.3) is 0 Å². The van der Waals surface area contributed by atoms with Crippen molar-refractivity contribution in [3.05, 3.63) is 57.1 Å². The van der Waals surface area contributed by atoms with Crippen LogP contribution in [-0.4, -0.2) is 56.3 Å². The summed E-state index contributed by atoms with van der Waals surface area (Å²) in [5.41, 5.74) is 0.716. The molecule has 1 fully saturated rings. The molecule has 4 atom stereocenters. The van der Waals surface area contributed by atoms with Gasteiger partial charge in [0.1, 0.15) is 12.3 Å². The number of amides is 2. The van der Waals surface area contributed by atoms with Crippen LogP contribution in [0, 0.1) is 6.92 Å². The van der Waals surface area contributed by atoms with E-state index in [4.69, 9.17) is 27.9 Å². The maximum Gasteiger partial charge on any atom is 0.296 e. The molecule has 0 saturated carbocycles. The number of fused-ring (bicyclic) bond motifs is 1. The first-order valence-corrected chi connectivity index (χ1v) is 11.0. The number of hydrogen-bond acceptors (Lipinski definition) is 3. The van der Waals surface area contributed by atoms with Crippen LogP contribution in [0.2, 0.25) is 10.0 Å². The second-order valence-electron chi connectivity index (χ2n) is 8.57. The standard InChI is InChI=1S/C23H24Cl2FN3O3/c1-12-5-8-18(32-4)14(9-12)23(29(3)11-13(26)10-17(29)21(30)27-2)19-16(28-22(23)31)7-6-15(24)20(19)25/h5-9,13,17H,10-11H2,1-4H3,(H-,27,28,30,31)/p+1/t13-,17+,23?,29?/m1/s1. The quantitative estimate of drug-likeness (QED) is 0.653. The fourth-order valence-corrected chi connectivity index (χ4v) is 5.91. The monoisotopic (exact) mass is 480 g/mol. The second-order valence-corrected chi connectivity index (χ2v) is 9.35. The molecule has 2 unspecified atom stereocenters. The van der Waals surface area contributed by atoms with E-state index in [-0.39, 0.29) is 33.4 Å². The van der Waals surface area contributed by atoms with Crippen molar-refractivity contribution >= 4 is 40.7 Å². The topological polar surface area (TPSA) is 67.4 Å². The van der Waals surface area contributed by atoms with Crippen molar-refractivity contribution in [3.63, 3.8) is 0 Å². The van der Waals surface area contributed by atoms with Gasteiger partial charge in [0, 0.05) is 13.5 Å². The third kappa shape index (κ3) is 2.95. The molecule has 2 aliphatic rings. The van der Waals surface area contributed by atoms with Crippen molar-refractivity contribution in [2.45, 2.75) is 31.1 Å². The molecule has 1 saturated heterocycles. The van der Waals surface area contributed by atoms with Crippen molar-refractivity contribution in [1.82, 2.24) is 5.32 Å². The molecule has 9 heteroatoms. The molecule has 0 spiro atoms. The highest BCUT2D eigenvalue weighted by Crippen LogP contribution is 2.57. The lowest BCUT2D eigenvalue weighted by molar-refractivity contribution is -0.953. The van der Waals surface area contributed by atoms with E-state index in [1.165, 1.54) is 14.2 Å². The third-order valence-corrected chi connectivity index (χ3v) is 7.64. The maximum absolute atomic E-state index is 15.0. The smallest absolute Gasteiger partial charge is 0.296 e. The third-order valence-electron chi connectivity index (χ3n) is 6.84. The van der Waals surface area contributed by atoms with Crippen molar-refractivity contribution in [1.29, 1.82) is 0 Å². The van der Waals surface area contributed by atoms with Gasteiger partial charge in [0.2, 0.25) is 5.54 Å². The first-order chi connectivity index (χ1) is 15.1. The SMILES string of the molecule is CNC(=O)[C@@H]1C[C@@H](F)C[N+]1(C)C1(c2cc(C)ccc2OC)C(=O)Nc2ccc(Cl)c(Cl)c21. The largest absolute Gasteiger partial charge is 0.496 e. The molecule has 2 heterocycles. The number of quaternary nitrogens is 1. The molecule has 0 bridgehead atoms. The molecule has 2 N–H and O–H groups in total. The van der Waals surface area contributed by atoms with Gasteiger partial charge in [0.15, 0.2) is 12.2 Å². The lowest BCUT2D eigenvalue weighted by Crippen LogP contribution is -2.68. The number of likely N-dealkylation sites (tertiary alicyclic amines) is 1. The zero-order valence-electron chi connectivity index (χ0n) is 18.3. The molecule has 2 amide bonds. The molecule has 0 aliphatic carbocycles. The van der Waals surface area contributed by atoms with Gasteiger partial charge in [-0.3, -0.25) is 14.1 Å². The molecule has 2 aromatic rings. The summed E-state index contributed by atoms with van der Waals surface area (Å²) in [7, 11) is 4.74. The highest BCUT2D eigenvalue weighted by Gasteiger charge is 2.69. The Morgan fingerprint density at radius 2 is 2.03 bits per heavy atom. The molecule has 2 aromatic carbocycles. The van der Waals surface area contributed by atoms with Crippen molar-refractivity contribution in [2.75, 3.05) is 33.1 Å². The zero-order valence-corrected chi connectivity index (χ0v) is 19.8. The molecule has 2 aliphatic heterocycles. The van der Waals surface area contributed by atoms with Crippen LogP contribution in [0.4, 0.5) is 10.1 Å². The number of anilines is 1. The summed E-state index contributed by atoms with van der Waals surface area (Å²) in [6, 6.07) is 7.90. The van der Waals surface area contributed by atoms with Crippen molar-refractivity contribution < 1.29 is 23.2 Å². The van der Waals surface area contributed by atoms with Gasteiger partial charge >= 0.3 is 0 Å². The number of ether oxygens (including phenoxy) is 1. The van der Waals surface area contributed by atoms with Crippen LogP contribution in [0.3, 0.4) is 0 Å². The van der Waals surface area contributed by atoms with Gasteiger partial charge in [-0.2, -0.15) is 0 Å². The number of nitrogens with one attached hydrogen (secondary N) is 2. The first-order valence-electron chi connectivity index (χ1n) is 10.3.